The van der Waals surface area contributed by atoms with Crippen molar-refractivity contribution >= 4 is 0 Å². The Balaban J connectivity index is 1.50. The van der Waals surface area contributed by atoms with Crippen molar-refractivity contribution < 1.29 is 0 Å². The number of likely N-dealkylation sites (tertiary alicyclic amines) is 1. The number of H-pyrrole nitrogens is 1. The molecule has 0 aliphatic carbocycles. The van der Waals surface area contributed by atoms with Crippen LogP contribution in [0.15, 0.2) is 42.9 Å². The van der Waals surface area contributed by atoms with Gasteiger partial charge in [0.2, 0.25) is 0 Å². The Morgan fingerprint density at radius 3 is 2.81 bits per heavy atom. The van der Waals surface area contributed by atoms with Gasteiger partial charge in [0.15, 0.2) is 0 Å². The number of aromatic amines is 1. The quantitative estimate of drug-likeness (QED) is 0.758. The van der Waals surface area contributed by atoms with Gasteiger partial charge in [0.1, 0.15) is 0 Å². The number of nitrogens with zero attached hydrogens (tertiary/aromatic N) is 4. The monoisotopic (exact) mass is 349 g/mol. The fraction of sp³-hybridized carbons (Fsp3) is 0.429. The van der Waals surface area contributed by atoms with E-state index in [9.17, 15) is 0 Å². The van der Waals surface area contributed by atoms with Crippen LogP contribution in [0.1, 0.15) is 42.5 Å². The lowest BCUT2D eigenvalue weighted by molar-refractivity contribution is 0.198. The van der Waals surface area contributed by atoms with Crippen LogP contribution in [0.5, 0.6) is 0 Å². The average molecular weight is 349 g/mol. The van der Waals surface area contributed by atoms with Gasteiger partial charge in [0, 0.05) is 48.6 Å². The Hall–Kier alpha value is -2.40. The fourth-order valence-corrected chi connectivity index (χ4v) is 3.92. The summed E-state index contributed by atoms with van der Waals surface area (Å²) in [6.45, 7) is 8.37. The Bertz CT molecular complexity index is 845. The van der Waals surface area contributed by atoms with Gasteiger partial charge >= 0.3 is 0 Å². The van der Waals surface area contributed by atoms with Crippen molar-refractivity contribution in [3.05, 3.63) is 59.7 Å². The van der Waals surface area contributed by atoms with E-state index in [0.29, 0.717) is 5.92 Å². The van der Waals surface area contributed by atoms with Gasteiger partial charge in [-0.15, -0.1) is 0 Å². The zero-order valence-corrected chi connectivity index (χ0v) is 15.7. The number of piperidine rings is 1. The molecule has 1 N–H and O–H groups in total. The Morgan fingerprint density at radius 2 is 2.04 bits per heavy atom. The summed E-state index contributed by atoms with van der Waals surface area (Å²) in [7, 11) is 0. The first-order valence-corrected chi connectivity index (χ1v) is 9.57. The highest BCUT2D eigenvalue weighted by Gasteiger charge is 2.25. The number of nitrogens with one attached hydrogen (secondary N) is 1. The summed E-state index contributed by atoms with van der Waals surface area (Å²) in [6, 6.07) is 8.74. The third-order valence-electron chi connectivity index (χ3n) is 5.36. The maximum absolute atomic E-state index is 4.40. The minimum Gasteiger partial charge on any atom is -0.298 e. The molecule has 3 heterocycles. The highest BCUT2D eigenvalue weighted by molar-refractivity contribution is 5.66. The maximum atomic E-state index is 4.40. The molecule has 1 aliphatic heterocycles. The minimum atomic E-state index is 0.503. The van der Waals surface area contributed by atoms with Crippen molar-refractivity contribution in [1.29, 1.82) is 0 Å². The van der Waals surface area contributed by atoms with Gasteiger partial charge in [0.05, 0.1) is 12.4 Å². The van der Waals surface area contributed by atoms with E-state index >= 15 is 0 Å². The van der Waals surface area contributed by atoms with E-state index in [-0.39, 0.29) is 0 Å². The summed E-state index contributed by atoms with van der Waals surface area (Å²) >= 11 is 0. The lowest BCUT2D eigenvalue weighted by atomic mass is 9.90. The largest absolute Gasteiger partial charge is 0.298 e. The summed E-state index contributed by atoms with van der Waals surface area (Å²) in [5.74, 6) is 0.503. The van der Waals surface area contributed by atoms with Crippen molar-refractivity contribution in [1.82, 2.24) is 24.9 Å². The summed E-state index contributed by atoms with van der Waals surface area (Å²) in [5.41, 5.74) is 6.37. The van der Waals surface area contributed by atoms with E-state index in [1.807, 2.05) is 17.1 Å². The number of benzene rings is 1. The summed E-state index contributed by atoms with van der Waals surface area (Å²) < 4.78 is 2.00. The molecular formula is C21H27N5. The molecule has 5 nitrogen and oxygen atoms in total. The van der Waals surface area contributed by atoms with Crippen LogP contribution in [-0.2, 0) is 13.1 Å². The standard InChI is InChI=1S/C21H27N5/c1-3-26-14-17(11-23-26)13-25-10-4-5-19(15-25)21-20(12-22-24-21)18-8-6-16(2)7-9-18/h6-9,11-12,14,19H,3-5,10,13,15H2,1-2H3,(H,22,24)/t19-/m0/s1. The lowest BCUT2D eigenvalue weighted by Crippen LogP contribution is -2.34. The van der Waals surface area contributed by atoms with E-state index in [1.165, 1.54) is 40.8 Å². The number of rotatable bonds is 5. The average Bonchev–Trinajstić information content (AvgIpc) is 3.32. The van der Waals surface area contributed by atoms with Crippen molar-refractivity contribution in [2.45, 2.75) is 45.7 Å². The first-order valence-electron chi connectivity index (χ1n) is 9.57. The van der Waals surface area contributed by atoms with E-state index in [2.05, 4.69) is 64.5 Å². The number of aryl methyl sites for hydroxylation is 2. The maximum Gasteiger partial charge on any atom is 0.0568 e. The second-order valence-electron chi connectivity index (χ2n) is 7.34. The predicted molar refractivity (Wildman–Crippen MR) is 104 cm³/mol. The molecule has 0 unspecified atom stereocenters. The second kappa shape index (κ2) is 7.46. The molecule has 3 aromatic rings. The van der Waals surface area contributed by atoms with Crippen LogP contribution >= 0.6 is 0 Å². The first kappa shape index (κ1) is 17.0. The summed E-state index contributed by atoms with van der Waals surface area (Å²) in [5, 5.41) is 12.1. The molecule has 1 aliphatic rings. The van der Waals surface area contributed by atoms with Crippen molar-refractivity contribution in [3.8, 4) is 11.1 Å². The number of hydrogen-bond donors (Lipinski definition) is 1. The predicted octanol–water partition coefficient (Wildman–Crippen LogP) is 3.98. The molecule has 26 heavy (non-hydrogen) atoms. The van der Waals surface area contributed by atoms with Gasteiger partial charge < -0.3 is 0 Å². The Morgan fingerprint density at radius 1 is 1.19 bits per heavy atom. The highest BCUT2D eigenvalue weighted by atomic mass is 15.3. The second-order valence-corrected chi connectivity index (χ2v) is 7.34. The molecular weight excluding hydrogens is 322 g/mol. The normalized spacial score (nSPS) is 18.3. The van der Waals surface area contributed by atoms with Crippen LogP contribution in [0.3, 0.4) is 0 Å². The van der Waals surface area contributed by atoms with Gasteiger partial charge in [-0.25, -0.2) is 0 Å². The third-order valence-corrected chi connectivity index (χ3v) is 5.36. The molecule has 0 saturated carbocycles. The van der Waals surface area contributed by atoms with Crippen LogP contribution in [-0.4, -0.2) is 38.0 Å². The smallest absolute Gasteiger partial charge is 0.0568 e. The molecule has 2 aromatic heterocycles. The van der Waals surface area contributed by atoms with Crippen molar-refractivity contribution in [2.24, 2.45) is 0 Å². The fourth-order valence-electron chi connectivity index (χ4n) is 3.92. The molecule has 1 aromatic carbocycles. The van der Waals surface area contributed by atoms with Gasteiger partial charge in [-0.05, 0) is 38.8 Å². The molecule has 1 atom stereocenters. The Kier molecular flexibility index (Phi) is 4.89. The zero-order valence-electron chi connectivity index (χ0n) is 15.7. The summed E-state index contributed by atoms with van der Waals surface area (Å²) in [6.07, 6.45) is 8.58. The van der Waals surface area contributed by atoms with E-state index in [0.717, 1.165) is 26.2 Å². The minimum absolute atomic E-state index is 0.503. The molecule has 136 valence electrons. The van der Waals surface area contributed by atoms with E-state index < -0.39 is 0 Å². The molecule has 0 bridgehead atoms. The third kappa shape index (κ3) is 3.58. The van der Waals surface area contributed by atoms with Crippen molar-refractivity contribution in [2.75, 3.05) is 13.1 Å². The van der Waals surface area contributed by atoms with Crippen LogP contribution in [0, 0.1) is 6.92 Å². The number of aromatic nitrogens is 4. The Labute approximate surface area is 155 Å². The lowest BCUT2D eigenvalue weighted by Gasteiger charge is -2.32. The van der Waals surface area contributed by atoms with Crippen LogP contribution in [0.25, 0.3) is 11.1 Å². The topological polar surface area (TPSA) is 49.7 Å². The zero-order chi connectivity index (χ0) is 17.9. The van der Waals surface area contributed by atoms with Crippen molar-refractivity contribution in [3.63, 3.8) is 0 Å². The van der Waals surface area contributed by atoms with Gasteiger partial charge in [-0.3, -0.25) is 14.7 Å². The van der Waals surface area contributed by atoms with E-state index in [4.69, 9.17) is 0 Å². The summed E-state index contributed by atoms with van der Waals surface area (Å²) in [4.78, 5) is 2.55. The van der Waals surface area contributed by atoms with Gasteiger partial charge in [0.25, 0.3) is 0 Å². The molecule has 0 radical (unpaired) electrons. The van der Waals surface area contributed by atoms with Crippen LogP contribution < -0.4 is 0 Å². The van der Waals surface area contributed by atoms with Crippen LogP contribution in [0.2, 0.25) is 0 Å². The molecule has 1 saturated heterocycles. The molecule has 0 amide bonds. The van der Waals surface area contributed by atoms with Gasteiger partial charge in [-0.2, -0.15) is 10.2 Å². The van der Waals surface area contributed by atoms with E-state index in [1.54, 1.807) is 0 Å². The molecule has 4 rings (SSSR count). The molecule has 5 heteroatoms. The number of hydrogen-bond acceptors (Lipinski definition) is 3. The van der Waals surface area contributed by atoms with Crippen LogP contribution in [0.4, 0.5) is 0 Å². The molecule has 0 spiro atoms. The van der Waals surface area contributed by atoms with Gasteiger partial charge in [-0.1, -0.05) is 29.8 Å². The first-order chi connectivity index (χ1) is 12.7. The SMILES string of the molecule is CCn1cc(CN2CCC[C@H](c3[nH]ncc3-c3ccc(C)cc3)C2)cn1. The highest BCUT2D eigenvalue weighted by Crippen LogP contribution is 2.33. The molecule has 1 fully saturated rings.